The predicted molar refractivity (Wildman–Crippen MR) is 74.6 cm³/mol. The van der Waals surface area contributed by atoms with Crippen molar-refractivity contribution in [3.05, 3.63) is 0 Å². The maximum atomic E-state index is 11.9. The Morgan fingerprint density at radius 1 is 1.39 bits per heavy atom. The molecular weight excluding hydrogens is 226 g/mol. The molecule has 0 bridgehead atoms. The first-order chi connectivity index (χ1) is 8.33. The number of aliphatic carboxylic acids is 1. The van der Waals surface area contributed by atoms with E-state index < -0.39 is 11.5 Å². The van der Waals surface area contributed by atoms with Crippen molar-refractivity contribution in [1.82, 2.24) is 5.32 Å². The van der Waals surface area contributed by atoms with E-state index in [0.717, 1.165) is 25.7 Å². The maximum Gasteiger partial charge on any atom is 0.324 e. The monoisotopic (exact) mass is 255 g/mol. The lowest BCUT2D eigenvalue weighted by atomic mass is 9.64. The molecule has 106 valence electrons. The molecule has 4 unspecified atom stereocenters. The van der Waals surface area contributed by atoms with E-state index in [-0.39, 0.29) is 12.0 Å². The van der Waals surface area contributed by atoms with Crippen LogP contribution in [0.1, 0.15) is 60.3 Å². The average Bonchev–Trinajstić information content (AvgIpc) is 2.28. The van der Waals surface area contributed by atoms with Gasteiger partial charge in [-0.1, -0.05) is 34.1 Å². The fourth-order valence-electron chi connectivity index (χ4n) is 3.43. The Balaban J connectivity index is 3.04. The summed E-state index contributed by atoms with van der Waals surface area (Å²) >= 11 is 0. The fourth-order valence-corrected chi connectivity index (χ4v) is 3.43. The summed E-state index contributed by atoms with van der Waals surface area (Å²) in [6, 6.07) is 0.257. The van der Waals surface area contributed by atoms with E-state index in [0.29, 0.717) is 11.8 Å². The molecule has 0 aromatic heterocycles. The molecule has 0 saturated heterocycles. The molecule has 1 aliphatic rings. The highest BCUT2D eigenvalue weighted by Crippen LogP contribution is 2.41. The summed E-state index contributed by atoms with van der Waals surface area (Å²) in [6.45, 7) is 10.7. The van der Waals surface area contributed by atoms with Gasteiger partial charge in [0.15, 0.2) is 0 Å². The van der Waals surface area contributed by atoms with Crippen molar-refractivity contribution in [2.24, 2.45) is 17.8 Å². The van der Waals surface area contributed by atoms with E-state index >= 15 is 0 Å². The van der Waals surface area contributed by atoms with Gasteiger partial charge in [0, 0.05) is 6.04 Å². The van der Waals surface area contributed by atoms with Crippen molar-refractivity contribution in [1.29, 1.82) is 0 Å². The quantitative estimate of drug-likeness (QED) is 0.792. The van der Waals surface area contributed by atoms with Crippen LogP contribution in [0.15, 0.2) is 0 Å². The Morgan fingerprint density at radius 2 is 2.00 bits per heavy atom. The number of rotatable bonds is 5. The van der Waals surface area contributed by atoms with E-state index in [1.807, 2.05) is 0 Å². The smallest absolute Gasteiger partial charge is 0.324 e. The lowest BCUT2D eigenvalue weighted by Crippen LogP contribution is -2.63. The fraction of sp³-hybridized carbons (Fsp3) is 0.933. The molecule has 18 heavy (non-hydrogen) atoms. The van der Waals surface area contributed by atoms with Crippen LogP contribution in [0, 0.1) is 17.8 Å². The third-order valence-corrected chi connectivity index (χ3v) is 4.58. The van der Waals surface area contributed by atoms with E-state index in [2.05, 4.69) is 39.9 Å². The molecule has 0 aromatic rings. The molecule has 0 aromatic carbocycles. The third kappa shape index (κ3) is 3.05. The number of hydrogen-bond donors (Lipinski definition) is 2. The minimum Gasteiger partial charge on any atom is -0.480 e. The number of carboxylic acids is 1. The number of carboxylic acid groups (broad SMARTS) is 1. The average molecular weight is 255 g/mol. The van der Waals surface area contributed by atoms with Gasteiger partial charge in [-0.05, 0) is 43.9 Å². The topological polar surface area (TPSA) is 49.3 Å². The molecule has 0 aliphatic heterocycles. The molecule has 0 heterocycles. The Bertz CT molecular complexity index is 290. The van der Waals surface area contributed by atoms with Gasteiger partial charge in [-0.2, -0.15) is 0 Å². The van der Waals surface area contributed by atoms with Crippen LogP contribution in [0.3, 0.4) is 0 Å². The van der Waals surface area contributed by atoms with Gasteiger partial charge >= 0.3 is 5.97 Å². The first-order valence-corrected chi connectivity index (χ1v) is 7.34. The van der Waals surface area contributed by atoms with Gasteiger partial charge in [-0.25, -0.2) is 0 Å². The molecule has 3 heteroatoms. The van der Waals surface area contributed by atoms with Crippen LogP contribution < -0.4 is 5.32 Å². The lowest BCUT2D eigenvalue weighted by Gasteiger charge is -2.47. The minimum absolute atomic E-state index is 0.236. The summed E-state index contributed by atoms with van der Waals surface area (Å²) in [7, 11) is 0. The van der Waals surface area contributed by atoms with Crippen LogP contribution >= 0.6 is 0 Å². The van der Waals surface area contributed by atoms with Gasteiger partial charge in [0.05, 0.1) is 0 Å². The first-order valence-electron chi connectivity index (χ1n) is 7.34. The Morgan fingerprint density at radius 3 is 2.44 bits per heavy atom. The number of hydrogen-bond acceptors (Lipinski definition) is 2. The van der Waals surface area contributed by atoms with E-state index in [9.17, 15) is 9.90 Å². The maximum absolute atomic E-state index is 11.9. The van der Waals surface area contributed by atoms with Gasteiger partial charge in [0.1, 0.15) is 5.54 Å². The summed E-state index contributed by atoms with van der Waals surface area (Å²) in [6.07, 6.45) is 3.90. The van der Waals surface area contributed by atoms with Gasteiger partial charge in [-0.3, -0.25) is 10.1 Å². The second-order valence-electron chi connectivity index (χ2n) is 6.47. The standard InChI is InChI=1S/C15H29NO2/c1-6-12(5)16-15(14(17)18)9-11(4)7-8-13(15)10(2)3/h10-13,16H,6-9H2,1-5H3,(H,17,18). The molecule has 1 rings (SSSR count). The molecule has 0 radical (unpaired) electrons. The summed E-state index contributed by atoms with van der Waals surface area (Å²) in [4.78, 5) is 11.9. The predicted octanol–water partition coefficient (Wildman–Crippen LogP) is 3.29. The van der Waals surface area contributed by atoms with Gasteiger partial charge in [-0.15, -0.1) is 0 Å². The van der Waals surface area contributed by atoms with Crippen LogP contribution in [-0.2, 0) is 4.79 Å². The lowest BCUT2D eigenvalue weighted by molar-refractivity contribution is -0.152. The Kier molecular flexibility index (Phi) is 5.20. The molecule has 0 amide bonds. The SMILES string of the molecule is CCC(C)NC1(C(=O)O)CC(C)CCC1C(C)C. The first kappa shape index (κ1) is 15.5. The summed E-state index contributed by atoms with van der Waals surface area (Å²) < 4.78 is 0. The molecule has 1 saturated carbocycles. The van der Waals surface area contributed by atoms with E-state index in [1.165, 1.54) is 0 Å². The summed E-state index contributed by atoms with van der Waals surface area (Å²) in [5, 5.41) is 13.3. The van der Waals surface area contributed by atoms with Gasteiger partial charge in [0.2, 0.25) is 0 Å². The van der Waals surface area contributed by atoms with Crippen molar-refractivity contribution in [2.45, 2.75) is 71.9 Å². The van der Waals surface area contributed by atoms with Crippen molar-refractivity contribution in [3.63, 3.8) is 0 Å². The van der Waals surface area contributed by atoms with Crippen molar-refractivity contribution < 1.29 is 9.90 Å². The molecule has 3 nitrogen and oxygen atoms in total. The Hall–Kier alpha value is -0.570. The van der Waals surface area contributed by atoms with Crippen LogP contribution in [0.4, 0.5) is 0 Å². The second kappa shape index (κ2) is 6.05. The third-order valence-electron chi connectivity index (χ3n) is 4.58. The normalized spacial score (nSPS) is 34.6. The minimum atomic E-state index is -0.721. The van der Waals surface area contributed by atoms with Crippen LogP contribution in [0.25, 0.3) is 0 Å². The highest BCUT2D eigenvalue weighted by Gasteiger charge is 2.50. The highest BCUT2D eigenvalue weighted by molar-refractivity contribution is 5.79. The zero-order valence-electron chi connectivity index (χ0n) is 12.5. The largest absolute Gasteiger partial charge is 0.480 e. The van der Waals surface area contributed by atoms with Crippen molar-refractivity contribution >= 4 is 5.97 Å². The van der Waals surface area contributed by atoms with Crippen LogP contribution in [0.2, 0.25) is 0 Å². The molecule has 4 atom stereocenters. The number of carbonyl (C=O) groups is 1. The molecule has 1 aliphatic carbocycles. The molecule has 1 fully saturated rings. The zero-order valence-corrected chi connectivity index (χ0v) is 12.5. The van der Waals surface area contributed by atoms with Crippen LogP contribution in [-0.4, -0.2) is 22.7 Å². The van der Waals surface area contributed by atoms with Crippen LogP contribution in [0.5, 0.6) is 0 Å². The van der Waals surface area contributed by atoms with Crippen molar-refractivity contribution in [2.75, 3.05) is 0 Å². The Labute approximate surface area is 111 Å². The zero-order chi connectivity index (χ0) is 13.9. The summed E-state index contributed by atoms with van der Waals surface area (Å²) in [5.74, 6) is 0.478. The molecular formula is C15H29NO2. The number of nitrogens with one attached hydrogen (secondary N) is 1. The second-order valence-corrected chi connectivity index (χ2v) is 6.47. The van der Waals surface area contributed by atoms with E-state index in [4.69, 9.17) is 0 Å². The van der Waals surface area contributed by atoms with Crippen molar-refractivity contribution in [3.8, 4) is 0 Å². The highest BCUT2D eigenvalue weighted by atomic mass is 16.4. The molecule has 0 spiro atoms. The molecule has 2 N–H and O–H groups in total. The van der Waals surface area contributed by atoms with E-state index in [1.54, 1.807) is 0 Å². The summed E-state index contributed by atoms with van der Waals surface area (Å²) in [5.41, 5.74) is -0.721. The van der Waals surface area contributed by atoms with Gasteiger partial charge in [0.25, 0.3) is 0 Å². The van der Waals surface area contributed by atoms with Gasteiger partial charge < -0.3 is 5.11 Å².